The van der Waals surface area contributed by atoms with Gasteiger partial charge >= 0.3 is 6.09 Å². The van der Waals surface area contributed by atoms with Crippen molar-refractivity contribution >= 4 is 17.9 Å². The maximum Gasteiger partial charge on any atom is 0.407 e. The first-order chi connectivity index (χ1) is 18.1. The predicted octanol–water partition coefficient (Wildman–Crippen LogP) is 4.58. The Labute approximate surface area is 224 Å². The zero-order valence-electron chi connectivity index (χ0n) is 22.5. The number of ether oxygens (including phenoxy) is 1. The molecule has 1 amide bonds. The van der Waals surface area contributed by atoms with Gasteiger partial charge in [0.25, 0.3) is 0 Å². The molecule has 4 aliphatic rings. The lowest BCUT2D eigenvalue weighted by molar-refractivity contribution is -0.0703. The second-order valence-electron chi connectivity index (χ2n) is 12.4. The monoisotopic (exact) mass is 518 g/mol. The average Bonchev–Trinajstić information content (AvgIpc) is 2.87. The zero-order valence-corrected chi connectivity index (χ0v) is 22.5. The molecule has 0 radical (unpaired) electrons. The van der Waals surface area contributed by atoms with E-state index in [-0.39, 0.29) is 24.2 Å². The highest BCUT2D eigenvalue weighted by Gasteiger charge is 2.55. The fourth-order valence-electron chi connectivity index (χ4n) is 6.99. The third-order valence-corrected chi connectivity index (χ3v) is 8.28. The normalized spacial score (nSPS) is 27.4. The Hall–Kier alpha value is -3.38. The zero-order chi connectivity index (χ0) is 26.9. The number of amides is 1. The van der Waals surface area contributed by atoms with Crippen LogP contribution < -0.4 is 16.0 Å². The van der Waals surface area contributed by atoms with Gasteiger partial charge in [0.2, 0.25) is 5.95 Å². The SMILES string of the molecule is CC(C)(C)OC(=O)NC1[C@@H]2CC3C[C@H]1CC(CNc1nc(NCc4ccc(CO)cc4)ncc1C#N)(C3)C2. The lowest BCUT2D eigenvalue weighted by Crippen LogP contribution is -2.60. The van der Waals surface area contributed by atoms with E-state index in [2.05, 4.69) is 32.0 Å². The first-order valence-electron chi connectivity index (χ1n) is 13.6. The Morgan fingerprint density at radius 3 is 2.45 bits per heavy atom. The van der Waals surface area contributed by atoms with Crippen LogP contribution in [0.4, 0.5) is 16.6 Å². The number of benzene rings is 1. The van der Waals surface area contributed by atoms with E-state index in [1.54, 1.807) is 6.20 Å². The van der Waals surface area contributed by atoms with Gasteiger partial charge in [0, 0.05) is 19.1 Å². The average molecular weight is 519 g/mol. The highest BCUT2D eigenvalue weighted by molar-refractivity contribution is 5.68. The second-order valence-corrected chi connectivity index (χ2v) is 12.4. The number of aliphatic hydroxyl groups is 1. The maximum atomic E-state index is 12.5. The standard InChI is InChI=1S/C29H38N6O3/c1-28(2,3)38-27(37)34-24-21-8-20-9-22(24)12-29(10-20,11-21)17-33-25-23(13-30)15-32-26(35-25)31-14-18-4-6-19(16-36)7-5-18/h4-7,15,20-22,24,36H,8-12,14,16-17H2,1-3H3,(H,34,37)(H2,31,32,33,35)/t20?,21-,22+,24?,29?. The molecule has 202 valence electrons. The van der Waals surface area contributed by atoms with Gasteiger partial charge in [0.05, 0.1) is 12.8 Å². The number of carbonyl (C=O) groups is 1. The summed E-state index contributed by atoms with van der Waals surface area (Å²) in [5.41, 5.74) is 1.98. The fraction of sp³-hybridized carbons (Fsp3) is 0.586. The molecule has 38 heavy (non-hydrogen) atoms. The van der Waals surface area contributed by atoms with Crippen LogP contribution in [0.1, 0.15) is 69.6 Å². The minimum atomic E-state index is -0.505. The molecule has 0 spiro atoms. The molecule has 3 unspecified atom stereocenters. The molecule has 4 bridgehead atoms. The van der Waals surface area contributed by atoms with Gasteiger partial charge in [0.1, 0.15) is 23.1 Å². The smallest absolute Gasteiger partial charge is 0.407 e. The van der Waals surface area contributed by atoms with Crippen molar-refractivity contribution in [1.82, 2.24) is 15.3 Å². The van der Waals surface area contributed by atoms with E-state index >= 15 is 0 Å². The van der Waals surface area contributed by atoms with Crippen LogP contribution in [-0.2, 0) is 17.9 Å². The van der Waals surface area contributed by atoms with E-state index in [0.29, 0.717) is 41.6 Å². The molecular formula is C29H38N6O3. The fourth-order valence-corrected chi connectivity index (χ4v) is 6.99. The Balaban J connectivity index is 1.22. The molecule has 6 rings (SSSR count). The molecule has 5 atom stereocenters. The maximum absolute atomic E-state index is 12.5. The van der Waals surface area contributed by atoms with E-state index in [0.717, 1.165) is 43.4 Å². The minimum Gasteiger partial charge on any atom is -0.444 e. The summed E-state index contributed by atoms with van der Waals surface area (Å²) in [4.78, 5) is 21.5. The van der Waals surface area contributed by atoms with Crippen LogP contribution in [0.3, 0.4) is 0 Å². The van der Waals surface area contributed by atoms with E-state index in [9.17, 15) is 15.2 Å². The van der Waals surface area contributed by atoms with Crippen molar-refractivity contribution in [2.75, 3.05) is 17.2 Å². The van der Waals surface area contributed by atoms with Gasteiger partial charge in [0.15, 0.2) is 0 Å². The first-order valence-corrected chi connectivity index (χ1v) is 13.6. The number of nitrogens with one attached hydrogen (secondary N) is 3. The number of nitriles is 1. The van der Waals surface area contributed by atoms with Gasteiger partial charge in [-0.25, -0.2) is 9.78 Å². The number of nitrogens with zero attached hydrogens (tertiary/aromatic N) is 3. The molecule has 4 N–H and O–H groups in total. The minimum absolute atomic E-state index is 0.0200. The summed E-state index contributed by atoms with van der Waals surface area (Å²) in [5.74, 6) is 2.60. The Morgan fingerprint density at radius 2 is 1.82 bits per heavy atom. The molecule has 4 aliphatic carbocycles. The van der Waals surface area contributed by atoms with Crippen molar-refractivity contribution in [3.8, 4) is 6.07 Å². The first kappa shape index (κ1) is 26.2. The topological polar surface area (TPSA) is 132 Å². The van der Waals surface area contributed by atoms with Crippen LogP contribution in [0.5, 0.6) is 0 Å². The number of aromatic nitrogens is 2. The number of aliphatic hydroxyl groups excluding tert-OH is 1. The van der Waals surface area contributed by atoms with Crippen LogP contribution in [0, 0.1) is 34.5 Å². The second kappa shape index (κ2) is 10.4. The summed E-state index contributed by atoms with van der Waals surface area (Å²) in [6.45, 7) is 6.99. The van der Waals surface area contributed by atoms with Gasteiger partial charge in [-0.15, -0.1) is 0 Å². The summed E-state index contributed by atoms with van der Waals surface area (Å²) >= 11 is 0. The Bertz CT molecular complexity index is 1190. The van der Waals surface area contributed by atoms with Crippen molar-refractivity contribution in [2.24, 2.45) is 23.2 Å². The highest BCUT2D eigenvalue weighted by atomic mass is 16.6. The molecule has 0 saturated heterocycles. The molecule has 9 heteroatoms. The molecule has 9 nitrogen and oxygen atoms in total. The molecule has 4 saturated carbocycles. The molecule has 2 aromatic rings. The number of alkyl carbamates (subject to hydrolysis) is 1. The van der Waals surface area contributed by atoms with E-state index in [1.807, 2.05) is 45.0 Å². The predicted molar refractivity (Wildman–Crippen MR) is 144 cm³/mol. The van der Waals surface area contributed by atoms with E-state index in [1.165, 1.54) is 6.42 Å². The van der Waals surface area contributed by atoms with Crippen molar-refractivity contribution in [3.05, 3.63) is 47.2 Å². The summed E-state index contributed by atoms with van der Waals surface area (Å²) in [6, 6.07) is 10.1. The Kier molecular flexibility index (Phi) is 7.19. The molecule has 4 fully saturated rings. The molecular weight excluding hydrogens is 480 g/mol. The van der Waals surface area contributed by atoms with Crippen molar-refractivity contribution in [2.45, 2.75) is 77.7 Å². The number of carbonyl (C=O) groups excluding carboxylic acids is 1. The molecule has 1 aromatic carbocycles. The van der Waals surface area contributed by atoms with Crippen molar-refractivity contribution in [1.29, 1.82) is 5.26 Å². The molecule has 0 aliphatic heterocycles. The third-order valence-electron chi connectivity index (χ3n) is 8.28. The lowest BCUT2D eigenvalue weighted by atomic mass is 9.48. The van der Waals surface area contributed by atoms with Gasteiger partial charge < -0.3 is 25.8 Å². The summed E-state index contributed by atoms with van der Waals surface area (Å²) in [6.07, 6.45) is 6.84. The van der Waals surface area contributed by atoms with Gasteiger partial charge in [-0.3, -0.25) is 0 Å². The van der Waals surface area contributed by atoms with Crippen LogP contribution in [-0.4, -0.2) is 39.4 Å². The third kappa shape index (κ3) is 5.86. The van der Waals surface area contributed by atoms with Crippen LogP contribution in [0.15, 0.2) is 30.5 Å². The largest absolute Gasteiger partial charge is 0.444 e. The van der Waals surface area contributed by atoms with Crippen LogP contribution in [0.2, 0.25) is 0 Å². The van der Waals surface area contributed by atoms with Crippen molar-refractivity contribution < 1.29 is 14.6 Å². The van der Waals surface area contributed by atoms with Gasteiger partial charge in [-0.05, 0) is 87.2 Å². The lowest BCUT2D eigenvalue weighted by Gasteiger charge is -2.60. The quantitative estimate of drug-likeness (QED) is 0.399. The highest BCUT2D eigenvalue weighted by Crippen LogP contribution is 2.60. The van der Waals surface area contributed by atoms with Crippen LogP contribution >= 0.6 is 0 Å². The van der Waals surface area contributed by atoms with Gasteiger partial charge in [-0.1, -0.05) is 24.3 Å². The van der Waals surface area contributed by atoms with E-state index < -0.39 is 5.60 Å². The summed E-state index contributed by atoms with van der Waals surface area (Å²) < 4.78 is 5.55. The number of hydrogen-bond acceptors (Lipinski definition) is 8. The number of anilines is 2. The van der Waals surface area contributed by atoms with E-state index in [4.69, 9.17) is 4.74 Å². The van der Waals surface area contributed by atoms with Crippen molar-refractivity contribution in [3.63, 3.8) is 0 Å². The Morgan fingerprint density at radius 1 is 1.13 bits per heavy atom. The number of rotatable bonds is 8. The van der Waals surface area contributed by atoms with Crippen LogP contribution in [0.25, 0.3) is 0 Å². The molecule has 1 heterocycles. The summed E-state index contributed by atoms with van der Waals surface area (Å²) in [5, 5.41) is 28.8. The number of hydrogen-bond donors (Lipinski definition) is 4. The summed E-state index contributed by atoms with van der Waals surface area (Å²) in [7, 11) is 0. The van der Waals surface area contributed by atoms with Gasteiger partial charge in [-0.2, -0.15) is 10.2 Å². The molecule has 1 aromatic heterocycles.